The van der Waals surface area contributed by atoms with Crippen molar-refractivity contribution in [3.8, 4) is 0 Å². The van der Waals surface area contributed by atoms with Crippen molar-refractivity contribution in [2.45, 2.75) is 20.8 Å². The number of hydrogen-bond donors (Lipinski definition) is 2. The van der Waals surface area contributed by atoms with Gasteiger partial charge in [0.15, 0.2) is 0 Å². The van der Waals surface area contributed by atoms with E-state index in [4.69, 9.17) is 5.73 Å². The van der Waals surface area contributed by atoms with Crippen LogP contribution in [-0.2, 0) is 9.53 Å². The van der Waals surface area contributed by atoms with Crippen LogP contribution in [0.25, 0.3) is 0 Å². The summed E-state index contributed by atoms with van der Waals surface area (Å²) in [5.74, 6) is -1.02. The van der Waals surface area contributed by atoms with E-state index in [9.17, 15) is 9.59 Å². The van der Waals surface area contributed by atoms with Crippen molar-refractivity contribution in [2.75, 3.05) is 19.0 Å². The van der Waals surface area contributed by atoms with Crippen molar-refractivity contribution in [3.05, 3.63) is 16.0 Å². The van der Waals surface area contributed by atoms with E-state index in [1.807, 2.05) is 13.8 Å². The van der Waals surface area contributed by atoms with Crippen LogP contribution in [-0.4, -0.2) is 25.5 Å². The number of carbonyl (C=O) groups excluding carboxylic acids is 2. The van der Waals surface area contributed by atoms with E-state index in [1.54, 1.807) is 6.92 Å². The molecule has 0 aliphatic heterocycles. The fourth-order valence-corrected chi connectivity index (χ4v) is 2.65. The van der Waals surface area contributed by atoms with E-state index in [2.05, 4.69) is 10.1 Å². The Kier molecular flexibility index (Phi) is 4.72. The minimum absolute atomic E-state index is 0.279. The lowest BCUT2D eigenvalue weighted by Crippen LogP contribution is -2.22. The van der Waals surface area contributed by atoms with Crippen LogP contribution in [0.15, 0.2) is 0 Å². The summed E-state index contributed by atoms with van der Waals surface area (Å²) < 4.78 is 4.64. The van der Waals surface area contributed by atoms with Crippen LogP contribution >= 0.6 is 11.3 Å². The Morgan fingerprint density at radius 3 is 2.56 bits per heavy atom. The Morgan fingerprint density at radius 1 is 1.44 bits per heavy atom. The molecule has 0 spiro atoms. The average molecular weight is 270 g/mol. The SMILES string of the molecule is COC(=O)C(C)CNc1sc(C)c(C)c1C(N)=O. The minimum Gasteiger partial charge on any atom is -0.469 e. The van der Waals surface area contributed by atoms with Gasteiger partial charge in [-0.3, -0.25) is 9.59 Å². The van der Waals surface area contributed by atoms with Crippen LogP contribution in [0, 0.1) is 19.8 Å². The molecule has 0 radical (unpaired) electrons. The fraction of sp³-hybridized carbons (Fsp3) is 0.500. The Balaban J connectivity index is 2.82. The Morgan fingerprint density at radius 2 is 2.06 bits per heavy atom. The Bertz CT molecular complexity index is 468. The van der Waals surface area contributed by atoms with E-state index < -0.39 is 5.91 Å². The van der Waals surface area contributed by atoms with Crippen molar-refractivity contribution < 1.29 is 14.3 Å². The number of esters is 1. The minimum atomic E-state index is -0.454. The highest BCUT2D eigenvalue weighted by Gasteiger charge is 2.19. The van der Waals surface area contributed by atoms with Crippen molar-refractivity contribution >= 4 is 28.2 Å². The van der Waals surface area contributed by atoms with Crippen molar-refractivity contribution in [1.82, 2.24) is 0 Å². The molecule has 0 bridgehead atoms. The first-order chi connectivity index (χ1) is 8.38. The third-order valence-corrected chi connectivity index (χ3v) is 3.97. The standard InChI is InChI=1S/C12H18N2O3S/c1-6(12(16)17-4)5-14-11-9(10(13)15)7(2)8(3)18-11/h6,14H,5H2,1-4H3,(H2,13,15). The molecule has 1 aromatic heterocycles. The third-order valence-electron chi connectivity index (χ3n) is 2.80. The lowest BCUT2D eigenvalue weighted by molar-refractivity contribution is -0.144. The topological polar surface area (TPSA) is 81.4 Å². The van der Waals surface area contributed by atoms with Gasteiger partial charge < -0.3 is 15.8 Å². The van der Waals surface area contributed by atoms with E-state index in [-0.39, 0.29) is 11.9 Å². The van der Waals surface area contributed by atoms with Gasteiger partial charge in [0.05, 0.1) is 18.6 Å². The number of rotatable bonds is 5. The molecule has 3 N–H and O–H groups in total. The number of nitrogens with two attached hydrogens (primary N) is 1. The number of aryl methyl sites for hydroxylation is 1. The van der Waals surface area contributed by atoms with E-state index in [1.165, 1.54) is 18.4 Å². The van der Waals surface area contributed by atoms with Gasteiger partial charge >= 0.3 is 5.97 Å². The summed E-state index contributed by atoms with van der Waals surface area (Å²) in [6.07, 6.45) is 0. The highest BCUT2D eigenvalue weighted by Crippen LogP contribution is 2.32. The number of nitrogens with one attached hydrogen (secondary N) is 1. The first-order valence-electron chi connectivity index (χ1n) is 5.60. The van der Waals surface area contributed by atoms with Gasteiger partial charge in [-0.15, -0.1) is 11.3 Å². The zero-order valence-corrected chi connectivity index (χ0v) is 11.8. The Hall–Kier alpha value is -1.56. The molecule has 1 heterocycles. The third kappa shape index (κ3) is 3.01. The van der Waals surface area contributed by atoms with Gasteiger partial charge in [0.1, 0.15) is 5.00 Å². The lowest BCUT2D eigenvalue weighted by Gasteiger charge is -2.11. The maximum absolute atomic E-state index is 11.4. The molecule has 0 saturated heterocycles. The smallest absolute Gasteiger partial charge is 0.310 e. The number of carbonyl (C=O) groups is 2. The molecule has 0 aromatic carbocycles. The van der Waals surface area contributed by atoms with Crippen LogP contribution in [0.1, 0.15) is 27.7 Å². The van der Waals surface area contributed by atoms with Crippen LogP contribution in [0.5, 0.6) is 0 Å². The van der Waals surface area contributed by atoms with Crippen LogP contribution in [0.4, 0.5) is 5.00 Å². The summed E-state index contributed by atoms with van der Waals surface area (Å²) in [6.45, 7) is 5.96. The summed E-state index contributed by atoms with van der Waals surface area (Å²) in [4.78, 5) is 23.7. The second-order valence-electron chi connectivity index (χ2n) is 4.16. The monoisotopic (exact) mass is 270 g/mol. The number of anilines is 1. The molecule has 100 valence electrons. The number of methoxy groups -OCH3 is 1. The molecule has 1 unspecified atom stereocenters. The second kappa shape index (κ2) is 5.86. The van der Waals surface area contributed by atoms with Gasteiger partial charge in [0, 0.05) is 11.4 Å². The van der Waals surface area contributed by atoms with Gasteiger partial charge in [-0.2, -0.15) is 0 Å². The lowest BCUT2D eigenvalue weighted by atomic mass is 10.1. The fourth-order valence-electron chi connectivity index (χ4n) is 1.58. The maximum Gasteiger partial charge on any atom is 0.310 e. The molecule has 0 saturated carbocycles. The molecule has 0 aliphatic rings. The molecule has 1 rings (SSSR count). The molecule has 1 aromatic rings. The normalized spacial score (nSPS) is 12.0. The number of hydrogen-bond acceptors (Lipinski definition) is 5. The Labute approximate surface area is 110 Å². The molecule has 1 atom stereocenters. The summed E-state index contributed by atoms with van der Waals surface area (Å²) >= 11 is 1.47. The highest BCUT2D eigenvalue weighted by atomic mass is 32.1. The average Bonchev–Trinajstić information content (AvgIpc) is 2.61. The predicted molar refractivity (Wildman–Crippen MR) is 72.0 cm³/mol. The first kappa shape index (κ1) is 14.5. The maximum atomic E-state index is 11.4. The number of primary amides is 1. The molecular formula is C12H18N2O3S. The van der Waals surface area contributed by atoms with Gasteiger partial charge in [-0.25, -0.2) is 0 Å². The van der Waals surface area contributed by atoms with E-state index in [0.29, 0.717) is 17.1 Å². The van der Waals surface area contributed by atoms with Crippen LogP contribution in [0.2, 0.25) is 0 Å². The molecule has 18 heavy (non-hydrogen) atoms. The van der Waals surface area contributed by atoms with Gasteiger partial charge in [0.25, 0.3) is 5.91 Å². The van der Waals surface area contributed by atoms with E-state index in [0.717, 1.165) is 10.4 Å². The number of ether oxygens (including phenoxy) is 1. The zero-order valence-electron chi connectivity index (χ0n) is 11.0. The van der Waals surface area contributed by atoms with Crippen molar-refractivity contribution in [1.29, 1.82) is 0 Å². The van der Waals surface area contributed by atoms with E-state index >= 15 is 0 Å². The summed E-state index contributed by atoms with van der Waals surface area (Å²) in [6, 6.07) is 0. The number of thiophene rings is 1. The van der Waals surface area contributed by atoms with Crippen molar-refractivity contribution in [3.63, 3.8) is 0 Å². The molecule has 0 aliphatic carbocycles. The highest BCUT2D eigenvalue weighted by molar-refractivity contribution is 7.16. The second-order valence-corrected chi connectivity index (χ2v) is 5.38. The molecule has 5 nitrogen and oxygen atoms in total. The van der Waals surface area contributed by atoms with Gasteiger partial charge in [-0.1, -0.05) is 6.92 Å². The molecule has 6 heteroatoms. The quantitative estimate of drug-likeness (QED) is 0.798. The summed E-state index contributed by atoms with van der Waals surface area (Å²) in [5.41, 5.74) is 6.76. The van der Waals surface area contributed by atoms with Crippen molar-refractivity contribution in [2.24, 2.45) is 11.7 Å². The van der Waals surface area contributed by atoms with Gasteiger partial charge in [-0.05, 0) is 19.4 Å². The summed E-state index contributed by atoms with van der Waals surface area (Å²) in [5, 5.41) is 3.80. The first-order valence-corrected chi connectivity index (χ1v) is 6.41. The predicted octanol–water partition coefficient (Wildman–Crippen LogP) is 1.68. The zero-order chi connectivity index (χ0) is 13.9. The van der Waals surface area contributed by atoms with Gasteiger partial charge in [0.2, 0.25) is 0 Å². The summed E-state index contributed by atoms with van der Waals surface area (Å²) in [7, 11) is 1.35. The largest absolute Gasteiger partial charge is 0.469 e. The molecule has 0 fully saturated rings. The molecule has 1 amide bonds. The molecular weight excluding hydrogens is 252 g/mol. The number of amides is 1. The van der Waals surface area contributed by atoms with Crippen LogP contribution in [0.3, 0.4) is 0 Å². The van der Waals surface area contributed by atoms with Crippen LogP contribution < -0.4 is 11.1 Å².